The van der Waals surface area contributed by atoms with E-state index in [2.05, 4.69) is 155 Å². The van der Waals surface area contributed by atoms with E-state index in [1.807, 2.05) is 0 Å². The summed E-state index contributed by atoms with van der Waals surface area (Å²) < 4.78 is 0. The van der Waals surface area contributed by atoms with Crippen molar-refractivity contribution < 1.29 is 0 Å². The van der Waals surface area contributed by atoms with Crippen LogP contribution in [0.15, 0.2) is 73.6 Å². The van der Waals surface area contributed by atoms with Crippen molar-refractivity contribution in [2.45, 2.75) is 0 Å². The highest BCUT2D eigenvalue weighted by molar-refractivity contribution is 5.33. The van der Waals surface area contributed by atoms with Crippen LogP contribution in [0.1, 0.15) is 0 Å². The van der Waals surface area contributed by atoms with Crippen LogP contribution in [0.25, 0.3) is 37.2 Å². The minimum Gasteiger partial charge on any atom is -0.353 e. The molecule has 36 heavy (non-hydrogen) atoms. The molecule has 0 aromatic carbocycles. The Morgan fingerprint density at radius 3 is 0.722 bits per heavy atom. The van der Waals surface area contributed by atoms with Gasteiger partial charge in [0.25, 0.3) is 0 Å². The number of aromatic amines is 3. The topological polar surface area (TPSA) is 66.8 Å². The van der Waals surface area contributed by atoms with Crippen molar-refractivity contribution in [3.05, 3.63) is 106 Å². The fourth-order valence-corrected chi connectivity index (χ4v) is 4.68. The minimum atomic E-state index is 0.759. The molecule has 0 saturated heterocycles. The van der Waals surface area contributed by atoms with Crippen molar-refractivity contribution in [3.8, 4) is 0 Å². The molecule has 0 spiro atoms. The molecular formula is C27H27N9. The Morgan fingerprint density at radius 2 is 0.528 bits per heavy atom. The van der Waals surface area contributed by atoms with E-state index in [0.717, 1.165) is 52.1 Å². The first kappa shape index (κ1) is 20.5. The summed E-state index contributed by atoms with van der Waals surface area (Å²) in [6.45, 7) is 2.28. The first-order valence-electron chi connectivity index (χ1n) is 12.0. The Kier molecular flexibility index (Phi) is 4.76. The Bertz CT molecular complexity index is 1410. The van der Waals surface area contributed by atoms with Crippen LogP contribution in [0.2, 0.25) is 0 Å². The highest BCUT2D eigenvalue weighted by Crippen LogP contribution is 2.09. The number of hydrogen-bond donors (Lipinski definition) is 3. The van der Waals surface area contributed by atoms with Crippen molar-refractivity contribution in [1.82, 2.24) is 44.4 Å². The minimum absolute atomic E-state index is 0.759. The molecule has 9 heteroatoms. The molecule has 0 amide bonds. The standard InChI is InChI=1S/C27H27N9/c1-2-23-14-32-9-10-34(20-32)16-25-5-6-27(30-25)18-36-12-11-35(21-36)17-26-4-3-24(29-26)15-33-8-7-31(19-33)13-22(1)28-23/h1-18,28-30H,19-21H2/b22-13-,23-14+,24-15-,25-16?,26-17?,27-18?. The third-order valence-corrected chi connectivity index (χ3v) is 6.35. The molecule has 9 nitrogen and oxygen atoms in total. The molecule has 7 rings (SSSR count). The largest absolute Gasteiger partial charge is 0.353 e. The van der Waals surface area contributed by atoms with E-state index >= 15 is 0 Å². The second-order valence-corrected chi connectivity index (χ2v) is 9.29. The van der Waals surface area contributed by atoms with Crippen molar-refractivity contribution in [2.24, 2.45) is 0 Å². The molecule has 0 unspecified atom stereocenters. The molecule has 4 aliphatic rings. The summed E-state index contributed by atoms with van der Waals surface area (Å²) in [7, 11) is 0. The number of nitrogens with zero attached hydrogens (tertiary/aromatic N) is 6. The van der Waals surface area contributed by atoms with Crippen molar-refractivity contribution in [3.63, 3.8) is 0 Å². The monoisotopic (exact) mass is 477 g/mol. The smallest absolute Gasteiger partial charge is 0.0979 e. The molecule has 3 aromatic heterocycles. The van der Waals surface area contributed by atoms with Gasteiger partial charge in [0, 0.05) is 74.4 Å². The predicted molar refractivity (Wildman–Crippen MR) is 140 cm³/mol. The van der Waals surface area contributed by atoms with Gasteiger partial charge >= 0.3 is 0 Å². The first-order valence-corrected chi connectivity index (χ1v) is 12.0. The molecule has 0 fully saturated rings. The fourth-order valence-electron chi connectivity index (χ4n) is 4.68. The summed E-state index contributed by atoms with van der Waals surface area (Å²) in [4.78, 5) is 23.5. The van der Waals surface area contributed by atoms with Crippen LogP contribution in [0.5, 0.6) is 0 Å². The zero-order chi connectivity index (χ0) is 23.9. The van der Waals surface area contributed by atoms with Gasteiger partial charge in [-0.05, 0) is 36.4 Å². The van der Waals surface area contributed by atoms with Crippen LogP contribution in [0.3, 0.4) is 0 Å². The second kappa shape index (κ2) is 8.38. The van der Waals surface area contributed by atoms with E-state index in [1.165, 1.54) is 0 Å². The van der Waals surface area contributed by atoms with Crippen LogP contribution in [-0.2, 0) is 0 Å². The Hall–Kier alpha value is -4.92. The van der Waals surface area contributed by atoms with E-state index in [0.29, 0.717) is 0 Å². The summed E-state index contributed by atoms with van der Waals surface area (Å²) in [6.07, 6.45) is 25.3. The first-order chi connectivity index (χ1) is 17.7. The SMILES string of the molecule is C1=CN2C=c3cc/c([nH]3)=C/N3C=CN(/C=c4/cc/c([nH]4)=C\N4C=CN(C=c5ccc([nH]5)=CN1C2)C4)C3. The molecule has 0 radical (unpaired) electrons. The van der Waals surface area contributed by atoms with Crippen molar-refractivity contribution >= 4 is 37.2 Å². The number of nitrogens with one attached hydrogen (secondary N) is 3. The molecule has 0 saturated carbocycles. The van der Waals surface area contributed by atoms with Gasteiger partial charge in [0.2, 0.25) is 0 Å². The summed E-state index contributed by atoms with van der Waals surface area (Å²) in [5.41, 5.74) is 0. The maximum Gasteiger partial charge on any atom is 0.0979 e. The summed E-state index contributed by atoms with van der Waals surface area (Å²) >= 11 is 0. The van der Waals surface area contributed by atoms with E-state index in [-0.39, 0.29) is 0 Å². The third-order valence-electron chi connectivity index (χ3n) is 6.35. The molecule has 4 aliphatic heterocycles. The Labute approximate surface area is 207 Å². The quantitative estimate of drug-likeness (QED) is 0.372. The number of fused-ring (bicyclic) bond motifs is 12. The molecule has 7 heterocycles. The lowest BCUT2D eigenvalue weighted by Crippen LogP contribution is -2.25. The second-order valence-electron chi connectivity index (χ2n) is 9.29. The molecule has 3 N–H and O–H groups in total. The number of H-pyrrole nitrogens is 3. The van der Waals surface area contributed by atoms with Gasteiger partial charge in [0.05, 0.1) is 52.1 Å². The van der Waals surface area contributed by atoms with Crippen LogP contribution in [0, 0.1) is 0 Å². The van der Waals surface area contributed by atoms with E-state index in [9.17, 15) is 0 Å². The van der Waals surface area contributed by atoms with Crippen LogP contribution in [-0.4, -0.2) is 64.4 Å². The molecule has 0 aliphatic carbocycles. The lowest BCUT2D eigenvalue weighted by atomic mass is 10.5. The predicted octanol–water partition coefficient (Wildman–Crippen LogP) is -1.35. The summed E-state index contributed by atoms with van der Waals surface area (Å²) in [5, 5.41) is 6.38. The number of aromatic nitrogens is 3. The highest BCUT2D eigenvalue weighted by atomic mass is 15.3. The van der Waals surface area contributed by atoms with Crippen molar-refractivity contribution in [2.75, 3.05) is 20.0 Å². The molecule has 180 valence electrons. The van der Waals surface area contributed by atoms with Crippen LogP contribution < -0.4 is 32.1 Å². The fraction of sp³-hybridized carbons (Fsp3) is 0.111. The van der Waals surface area contributed by atoms with E-state index in [1.54, 1.807) is 0 Å². The van der Waals surface area contributed by atoms with Crippen molar-refractivity contribution in [1.29, 1.82) is 0 Å². The van der Waals surface area contributed by atoms with Gasteiger partial charge in [0.1, 0.15) is 0 Å². The zero-order valence-corrected chi connectivity index (χ0v) is 19.7. The van der Waals surface area contributed by atoms with Crippen LogP contribution in [0.4, 0.5) is 0 Å². The lowest BCUT2D eigenvalue weighted by molar-refractivity contribution is 0.435. The van der Waals surface area contributed by atoms with E-state index in [4.69, 9.17) is 0 Å². The molecule has 12 bridgehead atoms. The van der Waals surface area contributed by atoms with Gasteiger partial charge in [0.15, 0.2) is 0 Å². The van der Waals surface area contributed by atoms with Crippen LogP contribution >= 0.6 is 0 Å². The van der Waals surface area contributed by atoms with Gasteiger partial charge in [-0.25, -0.2) is 0 Å². The Balaban J connectivity index is 1.24. The van der Waals surface area contributed by atoms with Gasteiger partial charge in [-0.2, -0.15) is 0 Å². The number of rotatable bonds is 0. The Morgan fingerprint density at radius 1 is 0.333 bits per heavy atom. The lowest BCUT2D eigenvalue weighted by Gasteiger charge is -2.14. The van der Waals surface area contributed by atoms with Gasteiger partial charge < -0.3 is 44.4 Å². The van der Waals surface area contributed by atoms with Gasteiger partial charge in [-0.1, -0.05) is 0 Å². The van der Waals surface area contributed by atoms with Gasteiger partial charge in [-0.3, -0.25) is 0 Å². The summed E-state index contributed by atoms with van der Waals surface area (Å²) in [6, 6.07) is 12.6. The third kappa shape index (κ3) is 4.29. The normalized spacial score (nSPS) is 21.2. The maximum atomic E-state index is 3.49. The van der Waals surface area contributed by atoms with E-state index < -0.39 is 0 Å². The maximum absolute atomic E-state index is 3.49. The zero-order valence-electron chi connectivity index (χ0n) is 19.7. The average Bonchev–Trinajstić information content (AvgIpc) is 3.68. The molecule has 3 aromatic rings. The summed E-state index contributed by atoms with van der Waals surface area (Å²) in [5.74, 6) is 0. The molecular weight excluding hydrogens is 450 g/mol. The highest BCUT2D eigenvalue weighted by Gasteiger charge is 2.10. The number of hydrogen-bond acceptors (Lipinski definition) is 6. The van der Waals surface area contributed by atoms with Gasteiger partial charge in [-0.15, -0.1) is 0 Å². The molecule has 0 atom stereocenters. The average molecular weight is 478 g/mol.